The number of likely N-dealkylation sites (N-methyl/N-ethyl adjacent to an activating group) is 1. The smallest absolute Gasteiger partial charge is 0.248 e. The molecule has 35 heavy (non-hydrogen) atoms. The van der Waals surface area contributed by atoms with Crippen LogP contribution in [0.3, 0.4) is 0 Å². The average Bonchev–Trinajstić information content (AvgIpc) is 3.29. The fraction of sp³-hybridized carbons (Fsp3) is 0.480. The lowest BCUT2D eigenvalue weighted by atomic mass is 9.91. The lowest BCUT2D eigenvalue weighted by molar-refractivity contribution is -0.138. The zero-order valence-corrected chi connectivity index (χ0v) is 20.4. The van der Waals surface area contributed by atoms with Gasteiger partial charge < -0.3 is 4.90 Å². The molecule has 190 valence electrons. The van der Waals surface area contributed by atoms with Crippen molar-refractivity contribution in [3.63, 3.8) is 0 Å². The average molecular weight is 513 g/mol. The van der Waals surface area contributed by atoms with Crippen molar-refractivity contribution in [2.75, 3.05) is 13.6 Å². The van der Waals surface area contributed by atoms with Gasteiger partial charge in [-0.1, -0.05) is 11.6 Å². The monoisotopic (exact) mass is 512 g/mol. The van der Waals surface area contributed by atoms with Crippen LogP contribution in [0.1, 0.15) is 44.1 Å². The number of benzene rings is 2. The van der Waals surface area contributed by atoms with E-state index in [4.69, 9.17) is 0 Å². The Bertz CT molecular complexity index is 1230. The Morgan fingerprint density at radius 3 is 2.37 bits per heavy atom. The molecule has 1 aliphatic carbocycles. The van der Waals surface area contributed by atoms with Gasteiger partial charge in [0.25, 0.3) is 0 Å². The fourth-order valence-corrected chi connectivity index (χ4v) is 6.85. The van der Waals surface area contributed by atoms with Crippen LogP contribution in [-0.4, -0.2) is 55.1 Å². The summed E-state index contributed by atoms with van der Waals surface area (Å²) >= 11 is 0. The minimum Gasteiger partial charge on any atom is -0.341 e. The zero-order valence-electron chi connectivity index (χ0n) is 19.6. The quantitative estimate of drug-likeness (QED) is 0.522. The lowest BCUT2D eigenvalue weighted by Crippen LogP contribution is -2.50. The number of nitrogens with zero attached hydrogens (tertiary/aromatic N) is 2. The summed E-state index contributed by atoms with van der Waals surface area (Å²) in [7, 11) is -2.70. The van der Waals surface area contributed by atoms with Crippen LogP contribution in [0.25, 0.3) is 11.1 Å². The van der Waals surface area contributed by atoms with Gasteiger partial charge in [0.05, 0.1) is 4.90 Å². The highest BCUT2D eigenvalue weighted by atomic mass is 32.2. The maximum atomic E-state index is 14.6. The van der Waals surface area contributed by atoms with Crippen LogP contribution in [0.2, 0.25) is 0 Å². The number of carbonyl (C=O) groups excluding carboxylic acids is 1. The van der Waals surface area contributed by atoms with Gasteiger partial charge in [0.2, 0.25) is 21.9 Å². The fourth-order valence-electron chi connectivity index (χ4n) is 5.02. The first kappa shape index (κ1) is 25.6. The molecule has 4 rings (SSSR count). The van der Waals surface area contributed by atoms with Crippen molar-refractivity contribution in [2.24, 2.45) is 0 Å². The van der Waals surface area contributed by atoms with Crippen molar-refractivity contribution in [3.8, 4) is 11.1 Å². The summed E-state index contributed by atoms with van der Waals surface area (Å²) < 4.78 is 83.9. The van der Waals surface area contributed by atoms with Gasteiger partial charge in [-0.25, -0.2) is 26.0 Å². The number of amides is 1. The second kappa shape index (κ2) is 9.54. The molecule has 2 aromatic rings. The summed E-state index contributed by atoms with van der Waals surface area (Å²) in [6.45, 7) is 1.83. The second-order valence-corrected chi connectivity index (χ2v) is 11.3. The Hall–Kier alpha value is -2.46. The molecule has 0 unspecified atom stereocenters. The highest BCUT2D eigenvalue weighted by molar-refractivity contribution is 7.89. The molecule has 2 fully saturated rings. The van der Waals surface area contributed by atoms with E-state index in [1.165, 1.54) is 30.1 Å². The molecule has 0 N–H and O–H groups in total. The Kier molecular flexibility index (Phi) is 6.98. The molecule has 5 nitrogen and oxygen atoms in total. The molecule has 1 amide bonds. The van der Waals surface area contributed by atoms with Gasteiger partial charge in [-0.05, 0) is 56.9 Å². The van der Waals surface area contributed by atoms with Crippen LogP contribution in [-0.2, 0) is 14.8 Å². The summed E-state index contributed by atoms with van der Waals surface area (Å²) in [5, 5.41) is 0. The van der Waals surface area contributed by atoms with E-state index in [-0.39, 0.29) is 54.3 Å². The molecule has 1 saturated carbocycles. The summed E-state index contributed by atoms with van der Waals surface area (Å²) in [5.74, 6) is -4.84. The van der Waals surface area contributed by atoms with Crippen LogP contribution in [0.15, 0.2) is 41.3 Å². The normalized spacial score (nSPS) is 21.3. The number of sulfonamides is 1. The molecule has 10 heteroatoms. The Labute approximate surface area is 202 Å². The third-order valence-electron chi connectivity index (χ3n) is 7.01. The number of hydrogen-bond donors (Lipinski definition) is 0. The molecule has 1 atom stereocenters. The summed E-state index contributed by atoms with van der Waals surface area (Å²) in [4.78, 5) is 14.6. The highest BCUT2D eigenvalue weighted by Crippen LogP contribution is 2.37. The third-order valence-corrected chi connectivity index (χ3v) is 8.98. The maximum Gasteiger partial charge on any atom is 0.248 e. The van der Waals surface area contributed by atoms with Gasteiger partial charge in [0.15, 0.2) is 0 Å². The van der Waals surface area contributed by atoms with Gasteiger partial charge in [-0.3, -0.25) is 4.79 Å². The maximum absolute atomic E-state index is 14.6. The van der Waals surface area contributed by atoms with E-state index in [0.29, 0.717) is 24.5 Å². The topological polar surface area (TPSA) is 57.7 Å². The SMILES string of the molecule is Cc1ccc(S(=O)(=O)N2CCC[C@H]2C(=O)N(C)C2CCC(F)(F)CC2)c(-c2ccc(F)cc2F)c1. The zero-order chi connectivity index (χ0) is 25.5. The Balaban J connectivity index is 1.65. The number of halogens is 4. The minimum absolute atomic E-state index is 0.0593. The molecule has 1 heterocycles. The Morgan fingerprint density at radius 1 is 1.03 bits per heavy atom. The lowest BCUT2D eigenvalue weighted by Gasteiger charge is -2.37. The molecular formula is C25H28F4N2O3S. The number of carbonyl (C=O) groups is 1. The van der Waals surface area contributed by atoms with Crippen LogP contribution in [0.5, 0.6) is 0 Å². The van der Waals surface area contributed by atoms with Gasteiger partial charge in [-0.2, -0.15) is 4.31 Å². The minimum atomic E-state index is -4.23. The van der Waals surface area contributed by atoms with Crippen molar-refractivity contribution in [2.45, 2.75) is 68.4 Å². The number of rotatable bonds is 5. The van der Waals surface area contributed by atoms with Gasteiger partial charge >= 0.3 is 0 Å². The third kappa shape index (κ3) is 5.09. The molecule has 0 aromatic heterocycles. The van der Waals surface area contributed by atoms with E-state index in [2.05, 4.69) is 0 Å². The number of alkyl halides is 2. The first-order chi connectivity index (χ1) is 16.4. The number of aryl methyl sites for hydroxylation is 1. The van der Waals surface area contributed by atoms with Crippen LogP contribution >= 0.6 is 0 Å². The van der Waals surface area contributed by atoms with Crippen LogP contribution < -0.4 is 0 Å². The first-order valence-corrected chi connectivity index (χ1v) is 13.1. The molecule has 2 aromatic carbocycles. The van der Waals surface area contributed by atoms with Crippen LogP contribution in [0, 0.1) is 18.6 Å². The van der Waals surface area contributed by atoms with E-state index in [1.54, 1.807) is 13.0 Å². The van der Waals surface area contributed by atoms with Crippen LogP contribution in [0.4, 0.5) is 17.6 Å². The van der Waals surface area contributed by atoms with E-state index >= 15 is 0 Å². The molecule has 0 radical (unpaired) electrons. The number of hydrogen-bond acceptors (Lipinski definition) is 3. The summed E-state index contributed by atoms with van der Waals surface area (Å²) in [5.41, 5.74) is 0.713. The molecule has 1 aliphatic heterocycles. The molecule has 0 spiro atoms. The van der Waals surface area contributed by atoms with E-state index in [9.17, 15) is 30.8 Å². The van der Waals surface area contributed by atoms with Gasteiger partial charge in [-0.15, -0.1) is 0 Å². The van der Waals surface area contributed by atoms with Gasteiger partial charge in [0.1, 0.15) is 17.7 Å². The Morgan fingerprint density at radius 2 is 1.71 bits per heavy atom. The van der Waals surface area contributed by atoms with Crippen molar-refractivity contribution in [1.82, 2.24) is 9.21 Å². The van der Waals surface area contributed by atoms with Crippen molar-refractivity contribution in [3.05, 3.63) is 53.6 Å². The molecular weight excluding hydrogens is 484 g/mol. The highest BCUT2D eigenvalue weighted by Gasteiger charge is 2.44. The molecule has 0 bridgehead atoms. The predicted octanol–water partition coefficient (Wildman–Crippen LogP) is 5.13. The molecule has 1 saturated heterocycles. The molecule has 2 aliphatic rings. The standard InChI is InChI=1S/C25H28F4N2O3S/c1-16-5-8-23(20(14-16)19-7-6-17(26)15-21(19)27)35(33,34)31-13-3-4-22(31)24(32)30(2)18-9-11-25(28,29)12-10-18/h5-8,14-15,18,22H,3-4,9-13H2,1-2H3/t22-/m0/s1. The van der Waals surface area contributed by atoms with Crippen molar-refractivity contribution in [1.29, 1.82) is 0 Å². The van der Waals surface area contributed by atoms with E-state index in [0.717, 1.165) is 10.4 Å². The first-order valence-electron chi connectivity index (χ1n) is 11.6. The largest absolute Gasteiger partial charge is 0.341 e. The van der Waals surface area contributed by atoms with Gasteiger partial charge in [0, 0.05) is 49.7 Å². The van der Waals surface area contributed by atoms with Crippen molar-refractivity contribution < 1.29 is 30.8 Å². The second-order valence-electron chi connectivity index (χ2n) is 9.43. The van der Waals surface area contributed by atoms with E-state index in [1.807, 2.05) is 0 Å². The summed E-state index contributed by atoms with van der Waals surface area (Å²) in [6.07, 6.45) is 0.451. The predicted molar refractivity (Wildman–Crippen MR) is 123 cm³/mol. The van der Waals surface area contributed by atoms with Crippen molar-refractivity contribution >= 4 is 15.9 Å². The summed E-state index contributed by atoms with van der Waals surface area (Å²) in [6, 6.07) is 6.06. The van der Waals surface area contributed by atoms with E-state index < -0.39 is 39.5 Å².